The molecule has 90 valence electrons. The van der Waals surface area contributed by atoms with Crippen molar-refractivity contribution in [3.63, 3.8) is 0 Å². The Morgan fingerprint density at radius 2 is 1.94 bits per heavy atom. The number of hydrazine groups is 1. The second kappa shape index (κ2) is 5.92. The minimum absolute atomic E-state index is 0.295. The Bertz CT molecular complexity index is 340. The SMILES string of the molecule is CC(C)CCC(NN)c1cc(F)ccc1F. The number of nitrogens with two attached hydrogens (primary N) is 1. The predicted molar refractivity (Wildman–Crippen MR) is 60.5 cm³/mol. The molecule has 1 aromatic carbocycles. The predicted octanol–water partition coefficient (Wildman–Crippen LogP) is 2.91. The van der Waals surface area contributed by atoms with Gasteiger partial charge < -0.3 is 0 Å². The molecule has 16 heavy (non-hydrogen) atoms. The summed E-state index contributed by atoms with van der Waals surface area (Å²) >= 11 is 0. The first kappa shape index (κ1) is 13.1. The fourth-order valence-corrected chi connectivity index (χ4v) is 1.61. The minimum atomic E-state index is -0.443. The highest BCUT2D eigenvalue weighted by Gasteiger charge is 2.15. The molecule has 1 unspecified atom stereocenters. The average molecular weight is 228 g/mol. The van der Waals surface area contributed by atoms with Gasteiger partial charge in [-0.2, -0.15) is 0 Å². The second-order valence-corrected chi connectivity index (χ2v) is 4.36. The van der Waals surface area contributed by atoms with Gasteiger partial charge in [-0.3, -0.25) is 11.3 Å². The van der Waals surface area contributed by atoms with Crippen molar-refractivity contribution in [3.05, 3.63) is 35.4 Å². The molecule has 1 atom stereocenters. The summed E-state index contributed by atoms with van der Waals surface area (Å²) in [4.78, 5) is 0. The maximum Gasteiger partial charge on any atom is 0.128 e. The van der Waals surface area contributed by atoms with Crippen molar-refractivity contribution >= 4 is 0 Å². The van der Waals surface area contributed by atoms with Gasteiger partial charge in [-0.25, -0.2) is 8.78 Å². The lowest BCUT2D eigenvalue weighted by molar-refractivity contribution is 0.431. The molecule has 0 aromatic heterocycles. The van der Waals surface area contributed by atoms with Crippen LogP contribution in [-0.2, 0) is 0 Å². The van der Waals surface area contributed by atoms with Gasteiger partial charge in [0.2, 0.25) is 0 Å². The first-order chi connectivity index (χ1) is 7.54. The quantitative estimate of drug-likeness (QED) is 0.600. The van der Waals surface area contributed by atoms with Crippen LogP contribution >= 0.6 is 0 Å². The van der Waals surface area contributed by atoms with Crippen LogP contribution < -0.4 is 11.3 Å². The number of nitrogens with one attached hydrogen (secondary N) is 1. The summed E-state index contributed by atoms with van der Waals surface area (Å²) in [6.07, 6.45) is 1.60. The van der Waals surface area contributed by atoms with E-state index in [0.29, 0.717) is 17.9 Å². The summed E-state index contributed by atoms with van der Waals surface area (Å²) < 4.78 is 26.5. The van der Waals surface area contributed by atoms with E-state index in [-0.39, 0.29) is 6.04 Å². The molecule has 2 nitrogen and oxygen atoms in total. The molecule has 0 aliphatic carbocycles. The number of rotatable bonds is 5. The van der Waals surface area contributed by atoms with Crippen LogP contribution in [0.25, 0.3) is 0 Å². The summed E-state index contributed by atoms with van der Waals surface area (Å²) in [5, 5.41) is 0. The van der Waals surface area contributed by atoms with Crippen LogP contribution in [0.2, 0.25) is 0 Å². The van der Waals surface area contributed by atoms with Crippen LogP contribution in [0.15, 0.2) is 18.2 Å². The van der Waals surface area contributed by atoms with Gasteiger partial charge >= 0.3 is 0 Å². The smallest absolute Gasteiger partial charge is 0.128 e. The third-order valence-electron chi connectivity index (χ3n) is 2.57. The van der Waals surface area contributed by atoms with Gasteiger partial charge in [-0.1, -0.05) is 13.8 Å². The molecule has 0 heterocycles. The Morgan fingerprint density at radius 1 is 1.25 bits per heavy atom. The summed E-state index contributed by atoms with van der Waals surface area (Å²) in [5.74, 6) is 5.01. The van der Waals surface area contributed by atoms with Gasteiger partial charge in [0, 0.05) is 11.6 Å². The molecule has 0 spiro atoms. The summed E-state index contributed by atoms with van der Waals surface area (Å²) in [7, 11) is 0. The average Bonchev–Trinajstić information content (AvgIpc) is 2.23. The lowest BCUT2D eigenvalue weighted by atomic mass is 9.97. The van der Waals surface area contributed by atoms with Gasteiger partial charge in [-0.15, -0.1) is 0 Å². The Kier molecular flexibility index (Phi) is 4.83. The molecule has 0 amide bonds. The Hall–Kier alpha value is -1.00. The van der Waals surface area contributed by atoms with Crippen molar-refractivity contribution in [2.75, 3.05) is 0 Å². The highest BCUT2D eigenvalue weighted by Crippen LogP contribution is 2.23. The summed E-state index contributed by atoms with van der Waals surface area (Å²) in [6, 6.07) is 3.09. The molecule has 4 heteroatoms. The molecule has 1 aromatic rings. The highest BCUT2D eigenvalue weighted by atomic mass is 19.1. The summed E-state index contributed by atoms with van der Waals surface area (Å²) in [5.41, 5.74) is 2.83. The Morgan fingerprint density at radius 3 is 2.50 bits per heavy atom. The zero-order valence-electron chi connectivity index (χ0n) is 9.63. The number of benzene rings is 1. The first-order valence-electron chi connectivity index (χ1n) is 5.45. The Labute approximate surface area is 94.8 Å². The molecule has 1 rings (SSSR count). The van der Waals surface area contributed by atoms with E-state index in [2.05, 4.69) is 19.3 Å². The van der Waals surface area contributed by atoms with E-state index in [9.17, 15) is 8.78 Å². The monoisotopic (exact) mass is 228 g/mol. The summed E-state index contributed by atoms with van der Waals surface area (Å²) in [6.45, 7) is 4.16. The normalized spacial score (nSPS) is 13.1. The fraction of sp³-hybridized carbons (Fsp3) is 0.500. The van der Waals surface area contributed by atoms with E-state index in [4.69, 9.17) is 5.84 Å². The van der Waals surface area contributed by atoms with Gasteiger partial charge in [0.05, 0.1) is 0 Å². The number of hydrogen-bond acceptors (Lipinski definition) is 2. The van der Waals surface area contributed by atoms with Crippen molar-refractivity contribution in [1.82, 2.24) is 5.43 Å². The fourth-order valence-electron chi connectivity index (χ4n) is 1.61. The standard InChI is InChI=1S/C12H18F2N2/c1-8(2)3-6-12(16-15)10-7-9(13)4-5-11(10)14/h4-5,7-8,12,16H,3,6,15H2,1-2H3. The van der Waals surface area contributed by atoms with Gasteiger partial charge in [0.25, 0.3) is 0 Å². The molecule has 0 aliphatic rings. The number of hydrogen-bond donors (Lipinski definition) is 2. The van der Waals surface area contributed by atoms with Crippen molar-refractivity contribution < 1.29 is 8.78 Å². The van der Waals surface area contributed by atoms with Crippen molar-refractivity contribution in [1.29, 1.82) is 0 Å². The molecule has 0 fully saturated rings. The van der Waals surface area contributed by atoms with Gasteiger partial charge in [0.1, 0.15) is 11.6 Å². The first-order valence-corrected chi connectivity index (χ1v) is 5.45. The maximum atomic E-state index is 13.5. The molecule has 0 radical (unpaired) electrons. The second-order valence-electron chi connectivity index (χ2n) is 4.36. The van der Waals surface area contributed by atoms with Crippen molar-refractivity contribution in [2.24, 2.45) is 11.8 Å². The number of halogens is 2. The topological polar surface area (TPSA) is 38.0 Å². The Balaban J connectivity index is 2.81. The van der Waals surface area contributed by atoms with E-state index in [1.54, 1.807) is 0 Å². The van der Waals surface area contributed by atoms with Crippen molar-refractivity contribution in [2.45, 2.75) is 32.7 Å². The molecule has 0 aliphatic heterocycles. The van der Waals surface area contributed by atoms with E-state index >= 15 is 0 Å². The van der Waals surface area contributed by atoms with E-state index in [0.717, 1.165) is 18.6 Å². The molecule has 0 saturated carbocycles. The third kappa shape index (κ3) is 3.54. The van der Waals surface area contributed by atoms with Crippen LogP contribution in [0, 0.1) is 17.6 Å². The van der Waals surface area contributed by atoms with Crippen LogP contribution in [0.4, 0.5) is 8.78 Å². The lowest BCUT2D eigenvalue weighted by Crippen LogP contribution is -2.29. The molecule has 3 N–H and O–H groups in total. The molecular weight excluding hydrogens is 210 g/mol. The van der Waals surface area contributed by atoms with Crippen LogP contribution in [0.3, 0.4) is 0 Å². The van der Waals surface area contributed by atoms with E-state index in [1.807, 2.05) is 0 Å². The molecule has 0 bridgehead atoms. The minimum Gasteiger partial charge on any atom is -0.271 e. The van der Waals surface area contributed by atoms with E-state index < -0.39 is 11.6 Å². The van der Waals surface area contributed by atoms with Crippen LogP contribution in [-0.4, -0.2) is 0 Å². The third-order valence-corrected chi connectivity index (χ3v) is 2.57. The zero-order chi connectivity index (χ0) is 12.1. The largest absolute Gasteiger partial charge is 0.271 e. The lowest BCUT2D eigenvalue weighted by Gasteiger charge is -2.18. The molecule has 0 saturated heterocycles. The molecular formula is C12H18F2N2. The van der Waals surface area contributed by atoms with Crippen LogP contribution in [0.5, 0.6) is 0 Å². The van der Waals surface area contributed by atoms with E-state index in [1.165, 1.54) is 6.07 Å². The highest BCUT2D eigenvalue weighted by molar-refractivity contribution is 5.22. The van der Waals surface area contributed by atoms with Gasteiger partial charge in [0.15, 0.2) is 0 Å². The zero-order valence-corrected chi connectivity index (χ0v) is 9.63. The van der Waals surface area contributed by atoms with Gasteiger partial charge in [-0.05, 0) is 37.0 Å². The van der Waals surface area contributed by atoms with Crippen molar-refractivity contribution in [3.8, 4) is 0 Å². The maximum absolute atomic E-state index is 13.5. The van der Waals surface area contributed by atoms with Crippen LogP contribution in [0.1, 0.15) is 38.3 Å².